The molecular weight excluding hydrogens is 306 g/mol. The lowest BCUT2D eigenvalue weighted by Crippen LogP contribution is -2.36. The van der Waals surface area contributed by atoms with Gasteiger partial charge in [0.15, 0.2) is 5.03 Å². The molecule has 2 heterocycles. The summed E-state index contributed by atoms with van der Waals surface area (Å²) in [4.78, 5) is 5.09. The van der Waals surface area contributed by atoms with Crippen LogP contribution in [0.1, 0.15) is 24.3 Å². The first-order valence-electron chi connectivity index (χ1n) is 6.54. The molecule has 0 aromatic carbocycles. The van der Waals surface area contributed by atoms with E-state index in [-0.39, 0.29) is 10.4 Å². The van der Waals surface area contributed by atoms with Crippen molar-refractivity contribution in [2.75, 3.05) is 6.54 Å². The number of hydrogen-bond acceptors (Lipinski definition) is 5. The van der Waals surface area contributed by atoms with E-state index in [0.29, 0.717) is 13.1 Å². The third-order valence-electron chi connectivity index (χ3n) is 3.20. The van der Waals surface area contributed by atoms with Gasteiger partial charge in [-0.15, -0.1) is 11.3 Å². The normalized spacial score (nSPS) is 12.5. The van der Waals surface area contributed by atoms with Crippen molar-refractivity contribution < 1.29 is 8.42 Å². The minimum Gasteiger partial charge on any atom is -0.326 e. The summed E-state index contributed by atoms with van der Waals surface area (Å²) in [6, 6.07) is 7.12. The van der Waals surface area contributed by atoms with Crippen LogP contribution >= 0.6 is 11.3 Å². The smallest absolute Gasteiger partial charge is 0.258 e. The molecule has 0 saturated carbocycles. The second-order valence-electron chi connectivity index (χ2n) is 5.39. The van der Waals surface area contributed by atoms with Gasteiger partial charge < -0.3 is 5.73 Å². The Morgan fingerprint density at radius 1 is 1.33 bits per heavy atom. The molecule has 0 amide bonds. The maximum Gasteiger partial charge on any atom is 0.258 e. The number of nitrogens with two attached hydrogens (primary N) is 1. The average Bonchev–Trinajstić information content (AvgIpc) is 3.01. The second kappa shape index (κ2) is 6.23. The molecule has 0 aliphatic heterocycles. The van der Waals surface area contributed by atoms with E-state index in [4.69, 9.17) is 5.73 Å². The Balaban J connectivity index is 2.10. The summed E-state index contributed by atoms with van der Waals surface area (Å²) in [5, 5.41) is 2.00. The third-order valence-corrected chi connectivity index (χ3v) is 5.75. The van der Waals surface area contributed by atoms with Gasteiger partial charge in [0.05, 0.1) is 0 Å². The van der Waals surface area contributed by atoms with Crippen LogP contribution in [0.25, 0.3) is 0 Å². The lowest BCUT2D eigenvalue weighted by Gasteiger charge is -2.23. The van der Waals surface area contributed by atoms with Gasteiger partial charge >= 0.3 is 0 Å². The van der Waals surface area contributed by atoms with Gasteiger partial charge in [0.1, 0.15) is 0 Å². The zero-order valence-electron chi connectivity index (χ0n) is 12.0. The molecule has 2 aromatic rings. The van der Waals surface area contributed by atoms with Gasteiger partial charge in [-0.2, -0.15) is 0 Å². The quantitative estimate of drug-likeness (QED) is 0.849. The average molecular weight is 325 g/mol. The molecule has 0 saturated heterocycles. The van der Waals surface area contributed by atoms with E-state index in [1.165, 1.54) is 12.3 Å². The van der Waals surface area contributed by atoms with Gasteiger partial charge in [0.2, 0.25) is 0 Å². The molecular formula is C14H19N3O2S2. The Hall–Kier alpha value is -1.28. The molecule has 114 valence electrons. The molecule has 2 aromatic heterocycles. The Labute approximate surface area is 129 Å². The largest absolute Gasteiger partial charge is 0.326 e. The summed E-state index contributed by atoms with van der Waals surface area (Å²) in [6.45, 7) is 4.67. The zero-order chi connectivity index (χ0) is 15.5. The first-order valence-corrected chi connectivity index (χ1v) is 8.90. The zero-order valence-corrected chi connectivity index (χ0v) is 13.7. The van der Waals surface area contributed by atoms with Crippen LogP contribution < -0.4 is 10.5 Å². The van der Waals surface area contributed by atoms with Crippen LogP contribution in [0, 0.1) is 0 Å². The van der Waals surface area contributed by atoms with E-state index < -0.39 is 10.0 Å². The van der Waals surface area contributed by atoms with Crippen LogP contribution in [0.5, 0.6) is 0 Å². The molecule has 7 heteroatoms. The summed E-state index contributed by atoms with van der Waals surface area (Å²) in [6.07, 6.45) is 1.49. The Morgan fingerprint density at radius 3 is 2.62 bits per heavy atom. The molecule has 5 nitrogen and oxygen atoms in total. The summed E-state index contributed by atoms with van der Waals surface area (Å²) in [7, 11) is -3.61. The third kappa shape index (κ3) is 3.88. The minimum atomic E-state index is -3.61. The predicted molar refractivity (Wildman–Crippen MR) is 84.7 cm³/mol. The first kappa shape index (κ1) is 16.1. The number of nitrogens with zero attached hydrogens (tertiary/aromatic N) is 1. The fraction of sp³-hybridized carbons (Fsp3) is 0.357. The fourth-order valence-corrected chi connectivity index (χ4v) is 3.78. The van der Waals surface area contributed by atoms with Crippen LogP contribution in [0.2, 0.25) is 0 Å². The maximum atomic E-state index is 12.2. The lowest BCUT2D eigenvalue weighted by molar-refractivity contribution is 0.508. The molecule has 0 atom stereocenters. The standard InChI is InChI=1S/C14H19N3O2S2/c1-14(2,12-4-3-7-20-12)10-17-21(18,19)13-6-5-11(8-15)9-16-13/h3-7,9,17H,8,10,15H2,1-2H3. The van der Waals surface area contributed by atoms with Crippen molar-refractivity contribution >= 4 is 21.4 Å². The number of aromatic nitrogens is 1. The SMILES string of the molecule is CC(C)(CNS(=O)(=O)c1ccc(CN)cn1)c1cccs1. The van der Waals surface area contributed by atoms with Crippen molar-refractivity contribution in [3.05, 3.63) is 46.3 Å². The minimum absolute atomic E-state index is 0.0154. The number of pyridine rings is 1. The number of rotatable bonds is 6. The van der Waals surface area contributed by atoms with Gasteiger partial charge in [-0.1, -0.05) is 26.0 Å². The Morgan fingerprint density at radius 2 is 2.10 bits per heavy atom. The molecule has 0 fully saturated rings. The first-order chi connectivity index (χ1) is 9.85. The lowest BCUT2D eigenvalue weighted by atomic mass is 9.92. The van der Waals surface area contributed by atoms with Crippen LogP contribution in [0.4, 0.5) is 0 Å². The van der Waals surface area contributed by atoms with Crippen LogP contribution in [0.3, 0.4) is 0 Å². The Kier molecular flexibility index (Phi) is 4.77. The van der Waals surface area contributed by atoms with Crippen LogP contribution in [0.15, 0.2) is 40.9 Å². The molecule has 2 rings (SSSR count). The molecule has 3 N–H and O–H groups in total. The van der Waals surface area contributed by atoms with Crippen molar-refractivity contribution in [1.82, 2.24) is 9.71 Å². The fourth-order valence-electron chi connectivity index (χ4n) is 1.79. The molecule has 0 unspecified atom stereocenters. The van der Waals surface area contributed by atoms with Crippen molar-refractivity contribution in [2.45, 2.75) is 30.8 Å². The predicted octanol–water partition coefficient (Wildman–Crippen LogP) is 1.86. The van der Waals surface area contributed by atoms with Gasteiger partial charge in [-0.25, -0.2) is 18.1 Å². The monoisotopic (exact) mass is 325 g/mol. The highest BCUT2D eigenvalue weighted by Gasteiger charge is 2.25. The van der Waals surface area contributed by atoms with E-state index in [2.05, 4.69) is 9.71 Å². The number of sulfonamides is 1. The van der Waals surface area contributed by atoms with Crippen LogP contribution in [-0.2, 0) is 22.0 Å². The van der Waals surface area contributed by atoms with E-state index in [9.17, 15) is 8.42 Å². The highest BCUT2D eigenvalue weighted by molar-refractivity contribution is 7.89. The van der Waals surface area contributed by atoms with Gasteiger partial charge in [0.25, 0.3) is 10.0 Å². The summed E-state index contributed by atoms with van der Waals surface area (Å²) in [5.74, 6) is 0. The van der Waals surface area contributed by atoms with Crippen molar-refractivity contribution in [3.8, 4) is 0 Å². The van der Waals surface area contributed by atoms with Crippen molar-refractivity contribution in [1.29, 1.82) is 0 Å². The van der Waals surface area contributed by atoms with Gasteiger partial charge in [-0.3, -0.25) is 0 Å². The summed E-state index contributed by atoms with van der Waals surface area (Å²) < 4.78 is 27.1. The molecule has 0 aliphatic rings. The highest BCUT2D eigenvalue weighted by atomic mass is 32.2. The molecule has 0 spiro atoms. The molecule has 21 heavy (non-hydrogen) atoms. The van der Waals surface area contributed by atoms with Crippen LogP contribution in [-0.4, -0.2) is 19.9 Å². The number of hydrogen-bond donors (Lipinski definition) is 2. The highest BCUT2D eigenvalue weighted by Crippen LogP contribution is 2.27. The van der Waals surface area contributed by atoms with E-state index in [0.717, 1.165) is 10.4 Å². The van der Waals surface area contributed by atoms with Gasteiger partial charge in [0, 0.05) is 29.6 Å². The molecule has 0 bridgehead atoms. The Bertz CT molecular complexity index is 678. The number of thiophene rings is 1. The second-order valence-corrected chi connectivity index (χ2v) is 8.06. The van der Waals surface area contributed by atoms with E-state index >= 15 is 0 Å². The molecule has 0 radical (unpaired) electrons. The summed E-state index contributed by atoms with van der Waals surface area (Å²) >= 11 is 1.62. The topological polar surface area (TPSA) is 85.1 Å². The van der Waals surface area contributed by atoms with Crippen molar-refractivity contribution in [3.63, 3.8) is 0 Å². The van der Waals surface area contributed by atoms with Crippen molar-refractivity contribution in [2.24, 2.45) is 5.73 Å². The van der Waals surface area contributed by atoms with E-state index in [1.54, 1.807) is 17.4 Å². The maximum absolute atomic E-state index is 12.2. The molecule has 0 aliphatic carbocycles. The van der Waals surface area contributed by atoms with E-state index in [1.807, 2.05) is 31.4 Å². The van der Waals surface area contributed by atoms with Gasteiger partial charge in [-0.05, 0) is 23.1 Å². The summed E-state index contributed by atoms with van der Waals surface area (Å²) in [5.41, 5.74) is 6.01. The number of nitrogens with one attached hydrogen (secondary N) is 1.